The first kappa shape index (κ1) is 11.2. The van der Waals surface area contributed by atoms with Crippen LogP contribution in [-0.4, -0.2) is 11.0 Å². The summed E-state index contributed by atoms with van der Waals surface area (Å²) < 4.78 is 0. The van der Waals surface area contributed by atoms with E-state index in [4.69, 9.17) is 5.73 Å². The van der Waals surface area contributed by atoms with Crippen LogP contribution in [-0.2, 0) is 0 Å². The number of rotatable bonds is 3. The second-order valence-corrected chi connectivity index (χ2v) is 4.73. The van der Waals surface area contributed by atoms with E-state index in [1.807, 2.05) is 18.2 Å². The molecule has 88 valence electrons. The third kappa shape index (κ3) is 2.87. The van der Waals surface area contributed by atoms with Crippen LogP contribution < -0.4 is 11.1 Å². The molecule has 0 radical (unpaired) electrons. The molecule has 3 N–H and O–H groups in total. The Morgan fingerprint density at radius 1 is 1.44 bits per heavy atom. The summed E-state index contributed by atoms with van der Waals surface area (Å²) in [5.74, 6) is 2.39. The van der Waals surface area contributed by atoms with E-state index >= 15 is 0 Å². The van der Waals surface area contributed by atoms with Crippen molar-refractivity contribution in [3.05, 3.63) is 18.2 Å². The summed E-state index contributed by atoms with van der Waals surface area (Å²) in [5.41, 5.74) is 5.67. The minimum absolute atomic E-state index is 0.577. The molecule has 0 spiro atoms. The Balaban J connectivity index is 1.94. The molecule has 0 amide bonds. The number of hydrogen-bond acceptors (Lipinski definition) is 3. The second kappa shape index (κ2) is 5.19. The molecule has 2 atom stereocenters. The molecule has 1 fully saturated rings. The van der Waals surface area contributed by atoms with Crippen LogP contribution in [0.2, 0.25) is 0 Å². The molecule has 2 unspecified atom stereocenters. The summed E-state index contributed by atoms with van der Waals surface area (Å²) in [6, 6.07) is 6.34. The molecule has 0 aliphatic heterocycles. The highest BCUT2D eigenvalue weighted by atomic mass is 15.0. The van der Waals surface area contributed by atoms with Gasteiger partial charge in [0, 0.05) is 6.04 Å². The molecule has 1 aliphatic rings. The van der Waals surface area contributed by atoms with Crippen LogP contribution in [0, 0.1) is 5.92 Å². The molecular weight excluding hydrogens is 198 g/mol. The average molecular weight is 219 g/mol. The van der Waals surface area contributed by atoms with Gasteiger partial charge in [0.25, 0.3) is 0 Å². The minimum atomic E-state index is 0.577. The van der Waals surface area contributed by atoms with Crippen molar-refractivity contribution in [2.45, 2.75) is 45.1 Å². The van der Waals surface area contributed by atoms with Gasteiger partial charge in [-0.1, -0.05) is 32.3 Å². The Bertz CT molecular complexity index is 338. The summed E-state index contributed by atoms with van der Waals surface area (Å²) >= 11 is 0. The van der Waals surface area contributed by atoms with Crippen LogP contribution in [0.25, 0.3) is 0 Å². The third-order valence-electron chi connectivity index (χ3n) is 3.48. The largest absolute Gasteiger partial charge is 0.384 e. The van der Waals surface area contributed by atoms with Crippen molar-refractivity contribution in [3.63, 3.8) is 0 Å². The van der Waals surface area contributed by atoms with Crippen LogP contribution >= 0.6 is 0 Å². The Kier molecular flexibility index (Phi) is 3.65. The zero-order chi connectivity index (χ0) is 11.4. The molecule has 3 nitrogen and oxygen atoms in total. The molecule has 1 aliphatic carbocycles. The van der Waals surface area contributed by atoms with Crippen molar-refractivity contribution in [2.75, 3.05) is 11.1 Å². The van der Waals surface area contributed by atoms with Crippen molar-refractivity contribution < 1.29 is 0 Å². The van der Waals surface area contributed by atoms with E-state index in [0.29, 0.717) is 11.9 Å². The molecule has 16 heavy (non-hydrogen) atoms. The molecule has 2 rings (SSSR count). The number of nitrogens with zero attached hydrogens (tertiary/aromatic N) is 1. The fraction of sp³-hybridized carbons (Fsp3) is 0.615. The predicted molar refractivity (Wildman–Crippen MR) is 68.3 cm³/mol. The van der Waals surface area contributed by atoms with Gasteiger partial charge in [0.15, 0.2) is 0 Å². The number of nitrogens with one attached hydrogen (secondary N) is 1. The van der Waals surface area contributed by atoms with Gasteiger partial charge in [-0.25, -0.2) is 4.98 Å². The van der Waals surface area contributed by atoms with Gasteiger partial charge in [0.1, 0.15) is 11.6 Å². The monoisotopic (exact) mass is 219 g/mol. The Morgan fingerprint density at radius 2 is 2.31 bits per heavy atom. The lowest BCUT2D eigenvalue weighted by molar-refractivity contribution is 0.327. The number of anilines is 2. The van der Waals surface area contributed by atoms with E-state index in [2.05, 4.69) is 17.2 Å². The Morgan fingerprint density at radius 3 is 3.06 bits per heavy atom. The van der Waals surface area contributed by atoms with Gasteiger partial charge in [-0.2, -0.15) is 0 Å². The highest BCUT2D eigenvalue weighted by Gasteiger charge is 2.20. The van der Waals surface area contributed by atoms with Gasteiger partial charge in [-0.15, -0.1) is 0 Å². The number of aromatic nitrogens is 1. The average Bonchev–Trinajstić information content (AvgIpc) is 2.29. The van der Waals surface area contributed by atoms with Gasteiger partial charge in [-0.3, -0.25) is 0 Å². The third-order valence-corrected chi connectivity index (χ3v) is 3.48. The van der Waals surface area contributed by atoms with Gasteiger partial charge in [-0.05, 0) is 30.9 Å². The van der Waals surface area contributed by atoms with Crippen molar-refractivity contribution in [2.24, 2.45) is 5.92 Å². The van der Waals surface area contributed by atoms with E-state index in [1.165, 1.54) is 32.1 Å². The molecule has 1 aromatic heterocycles. The normalized spacial score (nSPS) is 25.3. The number of hydrogen-bond donors (Lipinski definition) is 2. The van der Waals surface area contributed by atoms with Gasteiger partial charge in [0.05, 0.1) is 0 Å². The Labute approximate surface area is 97.5 Å². The summed E-state index contributed by atoms with van der Waals surface area (Å²) in [6.45, 7) is 2.28. The maximum atomic E-state index is 5.67. The highest BCUT2D eigenvalue weighted by Crippen LogP contribution is 2.28. The fourth-order valence-corrected chi connectivity index (χ4v) is 2.53. The van der Waals surface area contributed by atoms with Crippen LogP contribution in [0.1, 0.15) is 39.0 Å². The van der Waals surface area contributed by atoms with E-state index in [0.717, 1.165) is 11.7 Å². The first-order valence-corrected chi connectivity index (χ1v) is 6.27. The van der Waals surface area contributed by atoms with E-state index < -0.39 is 0 Å². The molecule has 1 aromatic rings. The zero-order valence-electron chi connectivity index (χ0n) is 9.95. The zero-order valence-corrected chi connectivity index (χ0v) is 9.95. The maximum Gasteiger partial charge on any atom is 0.128 e. The summed E-state index contributed by atoms with van der Waals surface area (Å²) in [5, 5.41) is 3.49. The number of nitrogen functional groups attached to an aromatic ring is 1. The molecule has 1 heterocycles. The maximum absolute atomic E-state index is 5.67. The SMILES string of the molecule is CCC1CCCC(Nc2cccc(N)n2)C1. The van der Waals surface area contributed by atoms with Crippen LogP contribution in [0.15, 0.2) is 18.2 Å². The van der Waals surface area contributed by atoms with Crippen molar-refractivity contribution in [1.29, 1.82) is 0 Å². The summed E-state index contributed by atoms with van der Waals surface area (Å²) in [6.07, 6.45) is 6.54. The second-order valence-electron chi connectivity index (χ2n) is 4.73. The topological polar surface area (TPSA) is 50.9 Å². The fourth-order valence-electron chi connectivity index (χ4n) is 2.53. The predicted octanol–water partition coefficient (Wildman–Crippen LogP) is 3.04. The Hall–Kier alpha value is -1.25. The summed E-state index contributed by atoms with van der Waals surface area (Å²) in [4.78, 5) is 4.28. The molecule has 0 saturated heterocycles. The van der Waals surface area contributed by atoms with Gasteiger partial charge in [0.2, 0.25) is 0 Å². The van der Waals surface area contributed by atoms with E-state index in [9.17, 15) is 0 Å². The highest BCUT2D eigenvalue weighted by molar-refractivity contribution is 5.42. The van der Waals surface area contributed by atoms with Gasteiger partial charge < -0.3 is 11.1 Å². The molecule has 1 saturated carbocycles. The molecular formula is C13H21N3. The standard InChI is InChI=1S/C13H21N3/c1-2-10-5-3-6-11(9-10)15-13-8-4-7-12(14)16-13/h4,7-8,10-11H,2-3,5-6,9H2,1H3,(H3,14,15,16). The quantitative estimate of drug-likeness (QED) is 0.821. The van der Waals surface area contributed by atoms with Crippen LogP contribution in [0.3, 0.4) is 0 Å². The minimum Gasteiger partial charge on any atom is -0.384 e. The lowest BCUT2D eigenvalue weighted by Crippen LogP contribution is -2.27. The molecule has 0 aromatic carbocycles. The van der Waals surface area contributed by atoms with Crippen molar-refractivity contribution in [1.82, 2.24) is 4.98 Å². The van der Waals surface area contributed by atoms with Gasteiger partial charge >= 0.3 is 0 Å². The van der Waals surface area contributed by atoms with Crippen molar-refractivity contribution >= 4 is 11.6 Å². The van der Waals surface area contributed by atoms with Crippen molar-refractivity contribution in [3.8, 4) is 0 Å². The summed E-state index contributed by atoms with van der Waals surface area (Å²) in [7, 11) is 0. The lowest BCUT2D eigenvalue weighted by Gasteiger charge is -2.29. The molecule has 3 heteroatoms. The van der Waals surface area contributed by atoms with E-state index in [-0.39, 0.29) is 0 Å². The lowest BCUT2D eigenvalue weighted by atomic mass is 9.84. The smallest absolute Gasteiger partial charge is 0.128 e. The first-order valence-electron chi connectivity index (χ1n) is 6.27. The number of pyridine rings is 1. The molecule has 0 bridgehead atoms. The van der Waals surface area contributed by atoms with E-state index in [1.54, 1.807) is 0 Å². The van der Waals surface area contributed by atoms with Crippen LogP contribution in [0.4, 0.5) is 11.6 Å². The van der Waals surface area contributed by atoms with Crippen LogP contribution in [0.5, 0.6) is 0 Å². The number of nitrogens with two attached hydrogens (primary N) is 1. The first-order chi connectivity index (χ1) is 7.78.